The van der Waals surface area contributed by atoms with Crippen LogP contribution < -0.4 is 21.3 Å². The minimum atomic E-state index is -0.536. The number of hydrogen-bond acceptors (Lipinski definition) is 5. The number of primary amides is 1. The van der Waals surface area contributed by atoms with E-state index in [0.29, 0.717) is 40.9 Å². The van der Waals surface area contributed by atoms with E-state index in [0.717, 1.165) is 0 Å². The summed E-state index contributed by atoms with van der Waals surface area (Å²) in [5.74, 6) is -0.234. The minimum Gasteiger partial charge on any atom is -0.370 e. The van der Waals surface area contributed by atoms with Crippen molar-refractivity contribution in [1.82, 2.24) is 9.55 Å². The van der Waals surface area contributed by atoms with Gasteiger partial charge in [0.15, 0.2) is 0 Å². The lowest BCUT2D eigenvalue weighted by Crippen LogP contribution is -2.33. The Kier molecular flexibility index (Phi) is 7.94. The van der Waals surface area contributed by atoms with Gasteiger partial charge in [-0.15, -0.1) is 0 Å². The van der Waals surface area contributed by atoms with Crippen molar-refractivity contribution in [3.8, 4) is 6.07 Å². The van der Waals surface area contributed by atoms with E-state index in [1.165, 1.54) is 0 Å². The lowest BCUT2D eigenvalue weighted by atomic mass is 9.91. The first kappa shape index (κ1) is 26.2. The van der Waals surface area contributed by atoms with Gasteiger partial charge in [0.1, 0.15) is 0 Å². The van der Waals surface area contributed by atoms with Crippen molar-refractivity contribution in [2.24, 2.45) is 11.1 Å². The van der Waals surface area contributed by atoms with E-state index in [4.69, 9.17) is 11.0 Å². The molecule has 188 valence electrons. The fourth-order valence-corrected chi connectivity index (χ4v) is 3.77. The minimum absolute atomic E-state index is 0.0117. The maximum atomic E-state index is 12.9. The molecule has 4 N–H and O–H groups in total. The van der Waals surface area contributed by atoms with Crippen LogP contribution in [-0.4, -0.2) is 33.9 Å². The van der Waals surface area contributed by atoms with E-state index < -0.39 is 11.9 Å². The highest BCUT2D eigenvalue weighted by Gasteiger charge is 2.22. The summed E-state index contributed by atoms with van der Waals surface area (Å²) in [7, 11) is 0. The summed E-state index contributed by atoms with van der Waals surface area (Å²) in [6.45, 7) is 8.69. The van der Waals surface area contributed by atoms with E-state index >= 15 is 0 Å². The number of rotatable bonds is 8. The quantitative estimate of drug-likeness (QED) is 0.434. The largest absolute Gasteiger partial charge is 0.370 e. The van der Waals surface area contributed by atoms with Crippen molar-refractivity contribution in [3.63, 3.8) is 0 Å². The number of nitriles is 1. The maximum absolute atomic E-state index is 12.9. The fraction of sp³-hybridized carbons (Fsp3) is 0.346. The number of anilines is 3. The highest BCUT2D eigenvalue weighted by atomic mass is 16.2. The molecule has 1 heterocycles. The van der Waals surface area contributed by atoms with E-state index in [1.54, 1.807) is 39.8 Å². The van der Waals surface area contributed by atoms with Crippen LogP contribution in [0.3, 0.4) is 0 Å². The summed E-state index contributed by atoms with van der Waals surface area (Å²) in [5, 5.41) is 14.3. The zero-order valence-corrected chi connectivity index (χ0v) is 21.0. The lowest BCUT2D eigenvalue weighted by Gasteiger charge is -2.25. The Morgan fingerprint density at radius 3 is 2.39 bits per heavy atom. The highest BCUT2D eigenvalue weighted by molar-refractivity contribution is 6.00. The van der Waals surface area contributed by atoms with Crippen LogP contribution in [0.25, 0.3) is 11.0 Å². The summed E-state index contributed by atoms with van der Waals surface area (Å²) in [5.41, 5.74) is 8.14. The standard InChI is InChI=1S/C26H31N7O3/c1-5-32(23(35)15-26(2,3)4)19-10-11-21-20(14-19)30-24(33(21)13-12-22(28)34)31-25(36)29-18-8-6-17(16-27)7-9-18/h6-11,14H,5,12-13,15H2,1-4H3,(H2,28,34)(H2,29,30,31,36). The number of hydrogen-bond donors (Lipinski definition) is 3. The highest BCUT2D eigenvalue weighted by Crippen LogP contribution is 2.28. The second-order valence-electron chi connectivity index (χ2n) is 9.62. The molecule has 0 aliphatic carbocycles. The monoisotopic (exact) mass is 489 g/mol. The van der Waals surface area contributed by atoms with Crippen LogP contribution in [0.5, 0.6) is 0 Å². The van der Waals surface area contributed by atoms with Gasteiger partial charge >= 0.3 is 6.03 Å². The number of nitrogens with zero attached hydrogens (tertiary/aromatic N) is 4. The molecule has 0 unspecified atom stereocenters. The zero-order valence-electron chi connectivity index (χ0n) is 21.0. The molecule has 10 heteroatoms. The van der Waals surface area contributed by atoms with Gasteiger partial charge in [-0.25, -0.2) is 9.78 Å². The zero-order chi connectivity index (χ0) is 26.5. The number of aromatic nitrogens is 2. The Morgan fingerprint density at radius 2 is 1.81 bits per heavy atom. The number of urea groups is 1. The summed E-state index contributed by atoms with van der Waals surface area (Å²) in [6.07, 6.45) is 0.457. The summed E-state index contributed by atoms with van der Waals surface area (Å²) in [4.78, 5) is 43.3. The predicted octanol–water partition coefficient (Wildman–Crippen LogP) is 4.22. The molecule has 0 saturated heterocycles. The van der Waals surface area contributed by atoms with Crippen LogP contribution in [0.1, 0.15) is 46.1 Å². The first-order valence-electron chi connectivity index (χ1n) is 11.7. The fourth-order valence-electron chi connectivity index (χ4n) is 3.77. The Balaban J connectivity index is 1.91. The number of aryl methyl sites for hydroxylation is 1. The molecule has 0 spiro atoms. The number of fused-ring (bicyclic) bond motifs is 1. The second-order valence-corrected chi connectivity index (χ2v) is 9.62. The molecule has 0 radical (unpaired) electrons. The van der Waals surface area contributed by atoms with Crippen LogP contribution in [0.2, 0.25) is 0 Å². The van der Waals surface area contributed by atoms with E-state index in [9.17, 15) is 14.4 Å². The molecule has 0 atom stereocenters. The third-order valence-corrected chi connectivity index (χ3v) is 5.42. The second kappa shape index (κ2) is 10.9. The van der Waals surface area contributed by atoms with Gasteiger partial charge < -0.3 is 20.5 Å². The molecular formula is C26H31N7O3. The number of nitrogens with one attached hydrogen (secondary N) is 2. The van der Waals surface area contributed by atoms with E-state index in [-0.39, 0.29) is 30.2 Å². The third kappa shape index (κ3) is 6.60. The summed E-state index contributed by atoms with van der Waals surface area (Å²) >= 11 is 0. The van der Waals surface area contributed by atoms with E-state index in [2.05, 4.69) is 15.6 Å². The Morgan fingerprint density at radius 1 is 1.11 bits per heavy atom. The summed E-state index contributed by atoms with van der Waals surface area (Å²) in [6, 6.07) is 13.4. The van der Waals surface area contributed by atoms with Crippen molar-refractivity contribution in [2.45, 2.75) is 47.1 Å². The molecule has 1 aromatic heterocycles. The average Bonchev–Trinajstić information content (AvgIpc) is 3.13. The predicted molar refractivity (Wildman–Crippen MR) is 139 cm³/mol. The molecule has 2 aromatic carbocycles. The van der Waals surface area contributed by atoms with Crippen LogP contribution in [-0.2, 0) is 16.1 Å². The molecule has 0 aliphatic rings. The molecule has 4 amide bonds. The number of amides is 4. The molecule has 0 saturated carbocycles. The molecule has 0 aliphatic heterocycles. The van der Waals surface area contributed by atoms with Gasteiger partial charge in [-0.2, -0.15) is 5.26 Å². The van der Waals surface area contributed by atoms with Gasteiger partial charge in [-0.1, -0.05) is 20.8 Å². The number of imidazole rings is 1. The Bertz CT molecular complexity index is 1310. The molecule has 36 heavy (non-hydrogen) atoms. The van der Waals surface area contributed by atoms with Crippen LogP contribution >= 0.6 is 0 Å². The van der Waals surface area contributed by atoms with Crippen molar-refractivity contribution >= 4 is 46.2 Å². The lowest BCUT2D eigenvalue weighted by molar-refractivity contribution is -0.120. The molecule has 3 rings (SSSR count). The molecule has 3 aromatic rings. The number of carbonyl (C=O) groups is 3. The average molecular weight is 490 g/mol. The van der Waals surface area contributed by atoms with Gasteiger partial charge in [-0.05, 0) is 54.8 Å². The molecule has 10 nitrogen and oxygen atoms in total. The SMILES string of the molecule is CCN(C(=O)CC(C)(C)C)c1ccc2c(c1)nc(NC(=O)Nc1ccc(C#N)cc1)n2CCC(N)=O. The van der Waals surface area contributed by atoms with Crippen LogP contribution in [0, 0.1) is 16.7 Å². The van der Waals surface area contributed by atoms with Crippen molar-refractivity contribution in [2.75, 3.05) is 22.1 Å². The van der Waals surface area contributed by atoms with Crippen LogP contribution in [0.4, 0.5) is 22.1 Å². The van der Waals surface area contributed by atoms with Gasteiger partial charge in [0.25, 0.3) is 0 Å². The van der Waals surface area contributed by atoms with Gasteiger partial charge in [0, 0.05) is 37.3 Å². The maximum Gasteiger partial charge on any atom is 0.326 e. The van der Waals surface area contributed by atoms with Gasteiger partial charge in [-0.3, -0.25) is 14.9 Å². The van der Waals surface area contributed by atoms with Crippen molar-refractivity contribution in [3.05, 3.63) is 48.0 Å². The smallest absolute Gasteiger partial charge is 0.326 e. The van der Waals surface area contributed by atoms with Crippen molar-refractivity contribution < 1.29 is 14.4 Å². The Labute approximate surface area is 210 Å². The summed E-state index contributed by atoms with van der Waals surface area (Å²) < 4.78 is 1.70. The number of carbonyl (C=O) groups excluding carboxylic acids is 3. The number of benzene rings is 2. The van der Waals surface area contributed by atoms with Gasteiger partial charge in [0.2, 0.25) is 17.8 Å². The van der Waals surface area contributed by atoms with Gasteiger partial charge in [0.05, 0.1) is 22.7 Å². The van der Waals surface area contributed by atoms with E-state index in [1.807, 2.05) is 45.9 Å². The number of nitrogens with two attached hydrogens (primary N) is 1. The first-order chi connectivity index (χ1) is 17.0. The first-order valence-corrected chi connectivity index (χ1v) is 11.7. The molecule has 0 bridgehead atoms. The van der Waals surface area contributed by atoms with Crippen molar-refractivity contribution in [1.29, 1.82) is 5.26 Å². The molecular weight excluding hydrogens is 458 g/mol. The Hall–Kier alpha value is -4.39. The third-order valence-electron chi connectivity index (χ3n) is 5.42. The molecule has 0 fully saturated rings. The topological polar surface area (TPSA) is 146 Å². The van der Waals surface area contributed by atoms with Crippen LogP contribution in [0.15, 0.2) is 42.5 Å². The normalized spacial score (nSPS) is 11.1.